The lowest BCUT2D eigenvalue weighted by Gasteiger charge is -2.12. The molecule has 7 nitrogen and oxygen atoms in total. The van der Waals surface area contributed by atoms with Gasteiger partial charge in [-0.15, -0.1) is 11.3 Å². The summed E-state index contributed by atoms with van der Waals surface area (Å²) in [4.78, 5) is 21.1. The van der Waals surface area contributed by atoms with Crippen LogP contribution in [0, 0.1) is 0 Å². The first-order valence-electron chi connectivity index (χ1n) is 8.46. The summed E-state index contributed by atoms with van der Waals surface area (Å²) in [6.45, 7) is 3.55. The number of anilines is 1. The molecule has 1 aromatic carbocycles. The molecule has 0 bridgehead atoms. The summed E-state index contributed by atoms with van der Waals surface area (Å²) in [7, 11) is 3.08. The maximum absolute atomic E-state index is 11.2. The van der Waals surface area contributed by atoms with Gasteiger partial charge in [0, 0.05) is 43.3 Å². The molecular formula is C18H25N5O2S. The average molecular weight is 375 g/mol. The average Bonchev–Trinajstić information content (AvgIpc) is 3.13. The molecule has 3 N–H and O–H groups in total. The standard InChI is InChI=1S/C18H25N5O2S/c1-4-15-12-21-16(26-15)9-10-20-17(19-2)22-11-13-5-7-14(8-6-13)23-18(24)25-3/h5-8,12H,4,9-11H2,1-3H3,(H,23,24)(H2,19,20,22). The largest absolute Gasteiger partial charge is 0.453 e. The number of methoxy groups -OCH3 is 1. The van der Waals surface area contributed by atoms with Gasteiger partial charge in [0.1, 0.15) is 0 Å². The zero-order valence-electron chi connectivity index (χ0n) is 15.3. The number of ether oxygens (including phenoxy) is 1. The van der Waals surface area contributed by atoms with Gasteiger partial charge in [0.2, 0.25) is 0 Å². The maximum atomic E-state index is 11.2. The van der Waals surface area contributed by atoms with Crippen LogP contribution in [0.15, 0.2) is 35.5 Å². The maximum Gasteiger partial charge on any atom is 0.411 e. The second-order valence-electron chi connectivity index (χ2n) is 5.49. The molecule has 0 fully saturated rings. The van der Waals surface area contributed by atoms with Gasteiger partial charge in [-0.1, -0.05) is 19.1 Å². The lowest BCUT2D eigenvalue weighted by molar-refractivity contribution is 0.187. The molecule has 2 aromatic rings. The fraction of sp³-hybridized carbons (Fsp3) is 0.389. The molecule has 2 rings (SSSR count). The highest BCUT2D eigenvalue weighted by atomic mass is 32.1. The van der Waals surface area contributed by atoms with E-state index in [0.29, 0.717) is 12.2 Å². The minimum Gasteiger partial charge on any atom is -0.453 e. The molecule has 8 heteroatoms. The van der Waals surface area contributed by atoms with Gasteiger partial charge in [-0.05, 0) is 24.1 Å². The van der Waals surface area contributed by atoms with Gasteiger partial charge in [0.15, 0.2) is 5.96 Å². The number of carbonyl (C=O) groups excluding carboxylic acids is 1. The number of carbonyl (C=O) groups is 1. The number of aryl methyl sites for hydroxylation is 1. The van der Waals surface area contributed by atoms with E-state index in [4.69, 9.17) is 0 Å². The lowest BCUT2D eigenvalue weighted by atomic mass is 10.2. The van der Waals surface area contributed by atoms with Crippen molar-refractivity contribution in [2.24, 2.45) is 4.99 Å². The minimum absolute atomic E-state index is 0.480. The number of hydrogen-bond acceptors (Lipinski definition) is 5. The Morgan fingerprint density at radius 1 is 1.27 bits per heavy atom. The molecule has 0 saturated carbocycles. The number of aliphatic imine (C=N–C) groups is 1. The number of guanidine groups is 1. The molecule has 1 heterocycles. The SMILES string of the molecule is CCc1cnc(CCNC(=NC)NCc2ccc(NC(=O)OC)cc2)s1. The van der Waals surface area contributed by atoms with Crippen LogP contribution in [0.4, 0.5) is 10.5 Å². The van der Waals surface area contributed by atoms with Crippen molar-refractivity contribution in [1.29, 1.82) is 0 Å². The fourth-order valence-corrected chi connectivity index (χ4v) is 3.06. The Balaban J connectivity index is 1.74. The fourth-order valence-electron chi connectivity index (χ4n) is 2.20. The van der Waals surface area contributed by atoms with E-state index in [9.17, 15) is 4.79 Å². The molecule has 0 unspecified atom stereocenters. The summed E-state index contributed by atoms with van der Waals surface area (Å²) in [5, 5.41) is 10.3. The van der Waals surface area contributed by atoms with Crippen LogP contribution >= 0.6 is 11.3 Å². The molecule has 26 heavy (non-hydrogen) atoms. The number of nitrogens with zero attached hydrogens (tertiary/aromatic N) is 2. The Labute approximate surface area is 157 Å². The van der Waals surface area contributed by atoms with Crippen LogP contribution in [-0.4, -0.2) is 37.7 Å². The van der Waals surface area contributed by atoms with Crippen LogP contribution in [0.5, 0.6) is 0 Å². The highest BCUT2D eigenvalue weighted by Crippen LogP contribution is 2.13. The topological polar surface area (TPSA) is 87.6 Å². The van der Waals surface area contributed by atoms with Crippen molar-refractivity contribution in [2.75, 3.05) is 26.0 Å². The Bertz CT molecular complexity index is 727. The summed E-state index contributed by atoms with van der Waals surface area (Å²) in [6, 6.07) is 7.54. The van der Waals surface area contributed by atoms with Crippen LogP contribution in [0.3, 0.4) is 0 Å². The van der Waals surface area contributed by atoms with Crippen molar-refractivity contribution >= 4 is 29.1 Å². The van der Waals surface area contributed by atoms with Gasteiger partial charge < -0.3 is 15.4 Å². The minimum atomic E-state index is -0.480. The zero-order valence-corrected chi connectivity index (χ0v) is 16.2. The quantitative estimate of drug-likeness (QED) is 0.512. The van der Waals surface area contributed by atoms with Gasteiger partial charge in [-0.2, -0.15) is 0 Å². The van der Waals surface area contributed by atoms with E-state index in [0.717, 1.165) is 35.9 Å². The molecule has 0 atom stereocenters. The number of nitrogens with one attached hydrogen (secondary N) is 3. The van der Waals surface area contributed by atoms with Crippen molar-refractivity contribution < 1.29 is 9.53 Å². The van der Waals surface area contributed by atoms with Gasteiger partial charge in [-0.25, -0.2) is 9.78 Å². The van der Waals surface area contributed by atoms with E-state index in [1.165, 1.54) is 12.0 Å². The lowest BCUT2D eigenvalue weighted by Crippen LogP contribution is -2.37. The Morgan fingerprint density at radius 2 is 2.04 bits per heavy atom. The van der Waals surface area contributed by atoms with Crippen LogP contribution in [0.1, 0.15) is 22.4 Å². The summed E-state index contributed by atoms with van der Waals surface area (Å²) >= 11 is 1.76. The van der Waals surface area contributed by atoms with E-state index in [1.807, 2.05) is 30.5 Å². The van der Waals surface area contributed by atoms with E-state index in [1.54, 1.807) is 18.4 Å². The highest BCUT2D eigenvalue weighted by molar-refractivity contribution is 7.11. The van der Waals surface area contributed by atoms with Crippen molar-refractivity contribution in [3.8, 4) is 0 Å². The highest BCUT2D eigenvalue weighted by Gasteiger charge is 2.03. The summed E-state index contributed by atoms with van der Waals surface area (Å²) in [5.41, 5.74) is 1.77. The second-order valence-corrected chi connectivity index (χ2v) is 6.69. The van der Waals surface area contributed by atoms with Gasteiger partial charge in [0.05, 0.1) is 12.1 Å². The monoisotopic (exact) mass is 375 g/mol. The molecule has 0 aliphatic carbocycles. The smallest absolute Gasteiger partial charge is 0.411 e. The number of thiazole rings is 1. The molecule has 1 amide bonds. The van der Waals surface area contributed by atoms with Crippen molar-refractivity contribution in [3.63, 3.8) is 0 Å². The number of rotatable bonds is 7. The summed E-state index contributed by atoms with van der Waals surface area (Å²) in [5.74, 6) is 0.744. The number of aromatic nitrogens is 1. The molecule has 0 aliphatic rings. The summed E-state index contributed by atoms with van der Waals surface area (Å²) < 4.78 is 4.56. The second kappa shape index (κ2) is 10.4. The predicted octanol–water partition coefficient (Wildman–Crippen LogP) is 2.79. The first kappa shape index (κ1) is 19.7. The Hall–Kier alpha value is -2.61. The van der Waals surface area contributed by atoms with Gasteiger partial charge >= 0.3 is 6.09 Å². The zero-order chi connectivity index (χ0) is 18.8. The van der Waals surface area contributed by atoms with Gasteiger partial charge in [-0.3, -0.25) is 10.3 Å². The van der Waals surface area contributed by atoms with E-state index in [-0.39, 0.29) is 0 Å². The molecule has 140 valence electrons. The Morgan fingerprint density at radius 3 is 2.65 bits per heavy atom. The number of benzene rings is 1. The predicted molar refractivity (Wildman–Crippen MR) is 106 cm³/mol. The van der Waals surface area contributed by atoms with Crippen LogP contribution in [0.25, 0.3) is 0 Å². The van der Waals surface area contributed by atoms with E-state index < -0.39 is 6.09 Å². The van der Waals surface area contributed by atoms with Gasteiger partial charge in [0.25, 0.3) is 0 Å². The number of amides is 1. The molecule has 1 aromatic heterocycles. The first-order chi connectivity index (χ1) is 12.6. The van der Waals surface area contributed by atoms with Crippen molar-refractivity contribution in [2.45, 2.75) is 26.3 Å². The van der Waals surface area contributed by atoms with E-state index in [2.05, 4.69) is 37.6 Å². The molecule has 0 saturated heterocycles. The molecule has 0 spiro atoms. The molecule has 0 radical (unpaired) electrons. The third kappa shape index (κ3) is 6.36. The third-order valence-corrected chi connectivity index (χ3v) is 4.85. The van der Waals surface area contributed by atoms with Crippen molar-refractivity contribution in [1.82, 2.24) is 15.6 Å². The third-order valence-electron chi connectivity index (χ3n) is 3.65. The Kier molecular flexibility index (Phi) is 7.88. The first-order valence-corrected chi connectivity index (χ1v) is 9.28. The van der Waals surface area contributed by atoms with Crippen LogP contribution in [-0.2, 0) is 24.1 Å². The van der Waals surface area contributed by atoms with Crippen molar-refractivity contribution in [3.05, 3.63) is 45.9 Å². The summed E-state index contributed by atoms with van der Waals surface area (Å²) in [6.07, 6.45) is 3.37. The molecule has 0 aliphatic heterocycles. The van der Waals surface area contributed by atoms with Crippen LogP contribution in [0.2, 0.25) is 0 Å². The van der Waals surface area contributed by atoms with Crippen LogP contribution < -0.4 is 16.0 Å². The van der Waals surface area contributed by atoms with E-state index >= 15 is 0 Å². The number of hydrogen-bond donors (Lipinski definition) is 3. The molecular weight excluding hydrogens is 350 g/mol. The normalized spacial score (nSPS) is 11.1.